The molecule has 0 fully saturated rings. The van der Waals surface area contributed by atoms with Crippen LogP contribution in [0.2, 0.25) is 0 Å². The van der Waals surface area contributed by atoms with Crippen LogP contribution < -0.4 is 48.0 Å². The third-order valence-electron chi connectivity index (χ3n) is 12.3. The average molecular weight is 896 g/mol. The van der Waals surface area contributed by atoms with Crippen molar-refractivity contribution in [2.75, 3.05) is 0 Å². The summed E-state index contributed by atoms with van der Waals surface area (Å²) >= 11 is 0. The van der Waals surface area contributed by atoms with E-state index in [1.165, 1.54) is 0 Å². The molecule has 0 spiro atoms. The topological polar surface area (TPSA) is 81.9 Å². The van der Waals surface area contributed by atoms with Crippen LogP contribution in [-0.2, 0) is 13.7 Å². The van der Waals surface area contributed by atoms with Crippen LogP contribution in [0.25, 0.3) is 38.4 Å². The molecule has 0 aliphatic carbocycles. The quantitative estimate of drug-likeness (QED) is 0.128. The lowest BCUT2D eigenvalue weighted by Crippen LogP contribution is -2.29. The SMILES string of the molecule is O=P(c1ccccc1)(c1ccccc1)c1ccc(-n2c3ccc(P(=O)(c4ccccc4)c4ccccc4)cc3c3cc(P(=O)(c4ccccc4)c4ncc5ccccc5n4)ccc32)cc1. The Morgan fingerprint density at radius 1 is 0.338 bits per heavy atom. The van der Waals surface area contributed by atoms with E-state index in [2.05, 4.69) is 4.57 Å². The minimum absolute atomic E-state index is 0.251. The zero-order valence-corrected chi connectivity index (χ0v) is 37.7. The minimum Gasteiger partial charge on any atom is -0.309 e. The van der Waals surface area contributed by atoms with Crippen LogP contribution in [0.1, 0.15) is 0 Å². The van der Waals surface area contributed by atoms with Crippen LogP contribution in [0.3, 0.4) is 0 Å². The molecular formula is C56H40N3O3P3. The van der Waals surface area contributed by atoms with Crippen LogP contribution in [0.15, 0.2) is 243 Å². The van der Waals surface area contributed by atoms with Crippen molar-refractivity contribution in [1.29, 1.82) is 0 Å². The number of benzene rings is 9. The van der Waals surface area contributed by atoms with Crippen LogP contribution in [0.5, 0.6) is 0 Å². The number of aromatic nitrogens is 3. The molecule has 2 heterocycles. The Bertz CT molecular complexity index is 3590. The van der Waals surface area contributed by atoms with Gasteiger partial charge in [0.05, 0.1) is 16.6 Å². The molecule has 0 radical (unpaired) electrons. The monoisotopic (exact) mass is 895 g/mol. The number of hydrogen-bond acceptors (Lipinski definition) is 5. The van der Waals surface area contributed by atoms with E-state index in [4.69, 9.17) is 9.97 Å². The van der Waals surface area contributed by atoms with Gasteiger partial charge in [0.25, 0.3) is 0 Å². The van der Waals surface area contributed by atoms with Crippen LogP contribution in [0, 0.1) is 0 Å². The summed E-state index contributed by atoms with van der Waals surface area (Å²) in [4.78, 5) is 9.71. The smallest absolute Gasteiger partial charge is 0.206 e. The maximum Gasteiger partial charge on any atom is 0.206 e. The Balaban J connectivity index is 1.16. The molecule has 0 N–H and O–H groups in total. The fraction of sp³-hybridized carbons (Fsp3) is 0. The van der Waals surface area contributed by atoms with E-state index < -0.39 is 21.4 Å². The molecule has 0 amide bonds. The van der Waals surface area contributed by atoms with Gasteiger partial charge in [-0.2, -0.15) is 0 Å². The molecule has 11 aromatic rings. The lowest BCUT2D eigenvalue weighted by molar-refractivity contribution is 0.591. The molecular weight excluding hydrogens is 856 g/mol. The van der Waals surface area contributed by atoms with Crippen LogP contribution in [-0.4, -0.2) is 14.5 Å². The van der Waals surface area contributed by atoms with Gasteiger partial charge in [0.1, 0.15) is 0 Å². The van der Waals surface area contributed by atoms with Gasteiger partial charge in [-0.05, 0) is 66.7 Å². The second kappa shape index (κ2) is 16.4. The van der Waals surface area contributed by atoms with Gasteiger partial charge in [-0.15, -0.1) is 0 Å². The molecule has 0 saturated carbocycles. The highest BCUT2D eigenvalue weighted by molar-refractivity contribution is 7.86. The van der Waals surface area contributed by atoms with Crippen molar-refractivity contribution in [3.8, 4) is 5.69 Å². The normalized spacial score (nSPS) is 12.9. The summed E-state index contributed by atoms with van der Waals surface area (Å²) in [5.41, 5.74) is 3.53. The fourth-order valence-electron chi connectivity index (χ4n) is 9.06. The molecule has 1 atom stereocenters. The van der Waals surface area contributed by atoms with E-state index in [1.807, 2.05) is 237 Å². The summed E-state index contributed by atoms with van der Waals surface area (Å²) in [5, 5.41) is 8.10. The summed E-state index contributed by atoms with van der Waals surface area (Å²) in [6.45, 7) is 0. The molecule has 0 saturated heterocycles. The first-order valence-corrected chi connectivity index (χ1v) is 26.5. The summed E-state index contributed by atoms with van der Waals surface area (Å²) < 4.78 is 49.5. The fourth-order valence-corrected chi connectivity index (χ4v) is 16.8. The first-order valence-electron chi connectivity index (χ1n) is 21.4. The standard InChI is InChI=1S/C56H40N3O3P3/c60-63(43-19-6-1-7-20-43,44-21-8-2-9-22-44)48-32-30-42(31-33-48)59-54-36-34-49(64(61,45-23-10-3-11-24-45)46-25-12-4-13-26-46)38-51(54)52-39-50(35-37-55(52)59)65(62,47-27-14-5-15-28-47)56-57-40-41-18-16-17-29-53(41)58-56/h1-40H. The van der Waals surface area contributed by atoms with Crippen molar-refractivity contribution in [2.24, 2.45) is 0 Å². The van der Waals surface area contributed by atoms with Crippen LogP contribution >= 0.6 is 21.4 Å². The molecule has 0 aliphatic rings. The highest BCUT2D eigenvalue weighted by atomic mass is 31.2. The number of fused-ring (bicyclic) bond motifs is 4. The molecule has 312 valence electrons. The molecule has 65 heavy (non-hydrogen) atoms. The van der Waals surface area contributed by atoms with Gasteiger partial charge in [-0.3, -0.25) is 0 Å². The molecule has 2 aromatic heterocycles. The number of hydrogen-bond donors (Lipinski definition) is 0. The largest absolute Gasteiger partial charge is 0.309 e. The van der Waals surface area contributed by atoms with E-state index in [0.29, 0.717) is 21.4 Å². The molecule has 1 unspecified atom stereocenters. The van der Waals surface area contributed by atoms with Gasteiger partial charge in [0.15, 0.2) is 19.8 Å². The molecule has 9 aromatic carbocycles. The van der Waals surface area contributed by atoms with Crippen LogP contribution in [0.4, 0.5) is 0 Å². The first kappa shape index (κ1) is 40.6. The van der Waals surface area contributed by atoms with Crippen molar-refractivity contribution in [1.82, 2.24) is 14.5 Å². The summed E-state index contributed by atoms with van der Waals surface area (Å²) in [7, 11) is -10.3. The third-order valence-corrected chi connectivity index (χ3v) is 21.2. The van der Waals surface area contributed by atoms with E-state index in [-0.39, 0.29) is 5.57 Å². The molecule has 0 bridgehead atoms. The maximum absolute atomic E-state index is 16.1. The molecule has 9 heteroatoms. The number of rotatable bonds is 10. The summed E-state index contributed by atoms with van der Waals surface area (Å²) in [6.07, 6.45) is 1.74. The highest BCUT2D eigenvalue weighted by Gasteiger charge is 2.35. The van der Waals surface area contributed by atoms with Gasteiger partial charge in [-0.25, -0.2) is 9.97 Å². The van der Waals surface area contributed by atoms with E-state index in [0.717, 1.165) is 59.4 Å². The lowest BCUT2D eigenvalue weighted by atomic mass is 10.1. The van der Waals surface area contributed by atoms with E-state index >= 15 is 13.7 Å². The predicted molar refractivity (Wildman–Crippen MR) is 272 cm³/mol. The minimum atomic E-state index is -3.67. The lowest BCUT2D eigenvalue weighted by Gasteiger charge is -2.21. The van der Waals surface area contributed by atoms with Gasteiger partial charge >= 0.3 is 0 Å². The second-order valence-electron chi connectivity index (χ2n) is 16.0. The third kappa shape index (κ3) is 6.77. The number of para-hydroxylation sites is 1. The molecule has 0 aliphatic heterocycles. The van der Waals surface area contributed by atoms with Crippen molar-refractivity contribution in [3.63, 3.8) is 0 Å². The van der Waals surface area contributed by atoms with Gasteiger partial charge in [0, 0.05) is 70.5 Å². The Morgan fingerprint density at radius 3 is 1.15 bits per heavy atom. The number of nitrogens with zero attached hydrogens (tertiary/aromatic N) is 3. The van der Waals surface area contributed by atoms with E-state index in [1.54, 1.807) is 6.20 Å². The van der Waals surface area contributed by atoms with Gasteiger partial charge in [-0.1, -0.05) is 170 Å². The predicted octanol–water partition coefficient (Wildman–Crippen LogP) is 9.65. The van der Waals surface area contributed by atoms with Crippen molar-refractivity contribution >= 4 is 102 Å². The Hall–Kier alpha value is -7.19. The van der Waals surface area contributed by atoms with Gasteiger partial charge < -0.3 is 18.3 Å². The zero-order chi connectivity index (χ0) is 44.0. The highest BCUT2D eigenvalue weighted by Crippen LogP contribution is 2.47. The summed E-state index contributed by atoms with van der Waals surface area (Å²) in [5.74, 6) is 0. The Morgan fingerprint density at radius 2 is 0.692 bits per heavy atom. The zero-order valence-electron chi connectivity index (χ0n) is 35.0. The molecule has 6 nitrogen and oxygen atoms in total. The Labute approximate surface area is 377 Å². The average Bonchev–Trinajstić information content (AvgIpc) is 3.72. The van der Waals surface area contributed by atoms with Gasteiger partial charge in [0.2, 0.25) is 7.14 Å². The van der Waals surface area contributed by atoms with Crippen molar-refractivity contribution in [2.45, 2.75) is 0 Å². The van der Waals surface area contributed by atoms with E-state index in [9.17, 15) is 0 Å². The first-order chi connectivity index (χ1) is 31.9. The second-order valence-corrected chi connectivity index (χ2v) is 24.2. The Kier molecular flexibility index (Phi) is 10.2. The summed E-state index contributed by atoms with van der Waals surface area (Å²) in [6, 6.07) is 75.8. The van der Waals surface area contributed by atoms with Crippen molar-refractivity contribution < 1.29 is 13.7 Å². The molecule has 11 rings (SSSR count). The van der Waals surface area contributed by atoms with Crippen molar-refractivity contribution in [3.05, 3.63) is 243 Å². The maximum atomic E-state index is 16.1.